The minimum atomic E-state index is -1.36. The largest absolute Gasteiger partial charge is 0.457 e. The lowest BCUT2D eigenvalue weighted by atomic mass is 9.87. The van der Waals surface area contributed by atoms with E-state index in [0.717, 1.165) is 53.9 Å². The van der Waals surface area contributed by atoms with Gasteiger partial charge in [-0.3, -0.25) is 38.4 Å². The van der Waals surface area contributed by atoms with E-state index in [9.17, 15) is 19.2 Å². The van der Waals surface area contributed by atoms with Crippen LogP contribution in [0.5, 0.6) is 11.5 Å². The number of ether oxygens (including phenoxy) is 13. The van der Waals surface area contributed by atoms with Crippen LogP contribution in [0.25, 0.3) is 11.3 Å². The zero-order valence-electron chi connectivity index (χ0n) is 75.4. The highest BCUT2D eigenvalue weighted by atomic mass is 35.5. The summed E-state index contributed by atoms with van der Waals surface area (Å²) in [7, 11) is 10.7. The highest BCUT2D eigenvalue weighted by Crippen LogP contribution is 2.38. The molecule has 8 amide bonds. The van der Waals surface area contributed by atoms with Gasteiger partial charge in [-0.25, -0.2) is 9.67 Å². The van der Waals surface area contributed by atoms with E-state index < -0.39 is 65.7 Å². The van der Waals surface area contributed by atoms with Crippen molar-refractivity contribution in [3.05, 3.63) is 148 Å². The van der Waals surface area contributed by atoms with Crippen molar-refractivity contribution in [1.82, 2.24) is 70.7 Å². The number of carbonyl (C=O) groups is 8. The van der Waals surface area contributed by atoms with Crippen LogP contribution >= 0.6 is 23.2 Å². The summed E-state index contributed by atoms with van der Waals surface area (Å²) in [5.41, 5.74) is 4.03. The minimum absolute atomic E-state index is 0.00303. The molecule has 4 aromatic carbocycles. The second-order valence-electron chi connectivity index (χ2n) is 33.0. The molecular formula is C92H130Cl2N14O21. The molecule has 9 atom stereocenters. The maximum atomic E-state index is 16.1. The van der Waals surface area contributed by atoms with Crippen LogP contribution in [0, 0.1) is 5.92 Å². The lowest BCUT2D eigenvalue weighted by Gasteiger charge is -2.40. The number of carbonyl (C=O) groups excluding carboxylic acids is 8. The number of rotatable bonds is 52. The van der Waals surface area contributed by atoms with E-state index >= 15 is 19.2 Å². The Hall–Kier alpha value is -9.15. The van der Waals surface area contributed by atoms with Crippen molar-refractivity contribution in [1.29, 1.82) is 0 Å². The maximum Gasteiger partial charge on any atom is 0.247 e. The van der Waals surface area contributed by atoms with Crippen LogP contribution in [0.4, 0.5) is 0 Å². The number of aromatic nitrogens is 5. The molecule has 0 radical (unpaired) electrons. The van der Waals surface area contributed by atoms with Crippen LogP contribution in [0.3, 0.4) is 0 Å². The van der Waals surface area contributed by atoms with Gasteiger partial charge in [-0.1, -0.05) is 89.8 Å². The molecule has 35 nitrogen and oxygen atoms in total. The first-order chi connectivity index (χ1) is 62.5. The first-order valence-corrected chi connectivity index (χ1v) is 45.4. The molecule has 708 valence electrons. The molecule has 1 aliphatic carbocycles. The Morgan fingerprint density at radius 1 is 0.667 bits per heavy atom. The number of imidazole rings is 1. The molecule has 10 rings (SSSR count). The normalized spacial score (nSPS) is 20.8. The van der Waals surface area contributed by atoms with Crippen LogP contribution in [-0.4, -0.2) is 313 Å². The Balaban J connectivity index is 0.657. The second-order valence-corrected chi connectivity index (χ2v) is 33.9. The zero-order chi connectivity index (χ0) is 91.7. The van der Waals surface area contributed by atoms with E-state index in [1.807, 2.05) is 104 Å². The van der Waals surface area contributed by atoms with E-state index in [0.29, 0.717) is 132 Å². The van der Waals surface area contributed by atoms with E-state index in [2.05, 4.69) is 41.9 Å². The van der Waals surface area contributed by atoms with Crippen molar-refractivity contribution in [2.75, 3.05) is 174 Å². The van der Waals surface area contributed by atoms with Gasteiger partial charge in [0.05, 0.1) is 188 Å². The molecule has 6 aromatic rings. The number of halogens is 2. The van der Waals surface area contributed by atoms with E-state index in [-0.39, 0.29) is 165 Å². The van der Waals surface area contributed by atoms with Gasteiger partial charge >= 0.3 is 0 Å². The Morgan fingerprint density at radius 3 is 1.97 bits per heavy atom. The molecule has 1 saturated carbocycles. The van der Waals surface area contributed by atoms with Crippen molar-refractivity contribution < 1.29 is 99.9 Å². The third-order valence-corrected chi connectivity index (χ3v) is 23.3. The summed E-state index contributed by atoms with van der Waals surface area (Å²) in [5, 5.41) is 24.0. The topological polar surface area (TPSA) is 378 Å². The third kappa shape index (κ3) is 34.2. The highest BCUT2D eigenvalue weighted by Gasteiger charge is 2.49. The summed E-state index contributed by atoms with van der Waals surface area (Å²) in [6.07, 6.45) is 7.67. The number of hydrogen-bond acceptors (Lipinski definition) is 25. The first-order valence-electron chi connectivity index (χ1n) is 44.6. The smallest absolute Gasteiger partial charge is 0.247 e. The van der Waals surface area contributed by atoms with Gasteiger partial charge in [0.25, 0.3) is 0 Å². The fraction of sp³-hybridized carbons (Fsp3) is 0.598. The predicted molar refractivity (Wildman–Crippen MR) is 478 cm³/mol. The molecule has 5 heterocycles. The molecule has 5 N–H and O–H groups in total. The summed E-state index contributed by atoms with van der Waals surface area (Å²) in [6, 6.07) is 24.6. The van der Waals surface area contributed by atoms with Crippen molar-refractivity contribution >= 4 is 70.5 Å². The van der Waals surface area contributed by atoms with Crippen LogP contribution in [0.2, 0.25) is 10.0 Å². The maximum absolute atomic E-state index is 16.1. The van der Waals surface area contributed by atoms with Gasteiger partial charge in [0.15, 0.2) is 6.29 Å². The van der Waals surface area contributed by atoms with E-state index in [4.69, 9.17) is 84.8 Å². The lowest BCUT2D eigenvalue weighted by molar-refractivity contribution is -0.161. The molecule has 0 spiro atoms. The highest BCUT2D eigenvalue weighted by molar-refractivity contribution is 6.31. The van der Waals surface area contributed by atoms with Crippen molar-refractivity contribution in [3.63, 3.8) is 0 Å². The second kappa shape index (κ2) is 54.6. The number of nitrogens with zero attached hydrogens (tertiary/aromatic N) is 9. The molecule has 129 heavy (non-hydrogen) atoms. The molecule has 4 aliphatic rings. The van der Waals surface area contributed by atoms with Crippen LogP contribution in [0.1, 0.15) is 112 Å². The van der Waals surface area contributed by atoms with E-state index in [1.165, 1.54) is 23.8 Å². The average molecular weight is 1840 g/mol. The quantitative estimate of drug-likeness (QED) is 0.0244. The van der Waals surface area contributed by atoms with E-state index in [1.54, 1.807) is 60.2 Å². The number of fused-ring (bicyclic) bond motifs is 3. The third-order valence-electron chi connectivity index (χ3n) is 22.8. The summed E-state index contributed by atoms with van der Waals surface area (Å²) in [5.74, 6) is -2.42. The lowest BCUT2D eigenvalue weighted by Crippen LogP contribution is -2.59. The fourth-order valence-electron chi connectivity index (χ4n) is 15.9. The van der Waals surface area contributed by atoms with Crippen LogP contribution in [0.15, 0.2) is 109 Å². The number of methoxy groups -OCH3 is 1. The van der Waals surface area contributed by atoms with Gasteiger partial charge in [-0.2, -0.15) is 0 Å². The van der Waals surface area contributed by atoms with Crippen molar-refractivity contribution in [2.45, 2.75) is 171 Å². The summed E-state index contributed by atoms with van der Waals surface area (Å²) < 4.78 is 79.0. The van der Waals surface area contributed by atoms with Crippen LogP contribution in [-0.2, 0) is 141 Å². The monoisotopic (exact) mass is 1840 g/mol. The van der Waals surface area contributed by atoms with Gasteiger partial charge < -0.3 is 112 Å². The molecular weight excluding hydrogens is 1710 g/mol. The zero-order valence-corrected chi connectivity index (χ0v) is 77.0. The molecule has 3 saturated heterocycles. The summed E-state index contributed by atoms with van der Waals surface area (Å²) >= 11 is 13.2. The predicted octanol–water partition coefficient (Wildman–Crippen LogP) is 6.83. The summed E-state index contributed by atoms with van der Waals surface area (Å²) in [6.45, 7) is 8.68. The van der Waals surface area contributed by atoms with Gasteiger partial charge in [-0.05, 0) is 125 Å². The Bertz CT molecular complexity index is 4440. The summed E-state index contributed by atoms with van der Waals surface area (Å²) in [4.78, 5) is 126. The number of nitrogens with one attached hydrogen (secondary N) is 5. The molecule has 0 unspecified atom stereocenters. The SMILES string of the molecule is COC[C@@H]1NC(=O)[C@H](CCCNC(=O)CCOCCOCCOCCOCCC(=O)NCCOCc2cn(CCOCCOCCOCCOC[C@@]34CC[C@@H](NC(C)=O)[C@H](OC3)O4)nn2)N(Cc2ccc(Cl)cc2Oc2ccc(-c3cnc(CN(C)C)n3C)cc2)C(=O)C[C@@H](Cc2ccccc2)C(=O)N(C)[C@H]2CCCC[C@@H]2NC(=O)C[C@H](Cc2ccc(Cl)cc2)N(C)C1=O. The Labute approximate surface area is 765 Å². The number of hydrogen-bond donors (Lipinski definition) is 5. The van der Waals surface area contributed by atoms with Gasteiger partial charge in [0.1, 0.15) is 40.7 Å². The van der Waals surface area contributed by atoms with Gasteiger partial charge in [-0.15, -0.1) is 5.10 Å². The van der Waals surface area contributed by atoms with Crippen molar-refractivity contribution in [3.8, 4) is 22.8 Å². The molecule has 2 bridgehead atoms. The first kappa shape index (κ1) is 102. The van der Waals surface area contributed by atoms with Crippen molar-refractivity contribution in [2.24, 2.45) is 13.0 Å². The standard InChI is InChI=1S/C92H130Cl2N14O21/c1-65(109)98-77-29-32-92(64-127-91(77)129-92)63-126-51-50-124-49-48-123-45-42-120-39-35-107-59-73(101-102-107)61-125-38-34-96-85(111)31-37-119-41-44-122-47-46-121-43-40-118-36-30-84(110)95-33-13-18-80-88(114)100-78(62-117-7)90(116)104(4)74(53-67-19-24-71(93)25-20-67)56-86(112)99-76-16-11-12-17-79(76)106(6)89(115)70(52-66-14-9-8-10-15-66)54-87(113)108(80)58-69-21-26-72(94)55-82(69)128-75-27-22-68(23-28-75)81-57-97-83(105(81)5)60-103(2)3/h8-10,14-15,19-28,55,57,59,70,74,76-80,91H,11-13,16-18,29-54,56,58,60-64H2,1-7H3,(H,95,110)(H,96,111)(H,98,109)(H,99,112)(H,100,114)/t70-,74+,76+,77-,78+,79+,80+,91-,92+/m1/s1. The molecule has 2 aromatic heterocycles. The Kier molecular flexibility index (Phi) is 43.2. The van der Waals surface area contributed by atoms with Gasteiger partial charge in [0.2, 0.25) is 47.3 Å². The number of benzene rings is 4. The molecule has 37 heteroatoms. The molecule has 4 fully saturated rings. The number of amides is 8. The number of likely N-dealkylation sites (N-methyl/N-ethyl adjacent to an activating group) is 2. The van der Waals surface area contributed by atoms with Crippen LogP contribution < -0.4 is 31.3 Å². The Morgan fingerprint density at radius 2 is 1.30 bits per heavy atom. The average Bonchev–Trinajstić information content (AvgIpc) is 1.56. The fourth-order valence-corrected chi connectivity index (χ4v) is 16.2. The minimum Gasteiger partial charge on any atom is -0.457 e. The van der Waals surface area contributed by atoms with Gasteiger partial charge in [0, 0.05) is 107 Å². The molecule has 3 aliphatic heterocycles.